The zero-order valence-corrected chi connectivity index (χ0v) is 12.2. The van der Waals surface area contributed by atoms with Crippen molar-refractivity contribution >= 4 is 21.6 Å². The number of fused-ring (bicyclic) bond motifs is 1. The summed E-state index contributed by atoms with van der Waals surface area (Å²) in [6, 6.07) is 4.66. The average molecular weight is 276 g/mol. The smallest absolute Gasteiger partial charge is 0.0809 e. The summed E-state index contributed by atoms with van der Waals surface area (Å²) in [5.41, 5.74) is 2.36. The highest BCUT2D eigenvalue weighted by Gasteiger charge is 2.24. The van der Waals surface area contributed by atoms with Crippen LogP contribution in [0.4, 0.5) is 0 Å². The van der Waals surface area contributed by atoms with Gasteiger partial charge < -0.3 is 10.1 Å². The van der Waals surface area contributed by atoms with Crippen LogP contribution in [-0.4, -0.2) is 24.2 Å². The SMILES string of the molecule is CC(NCC1CCOC1C)c1cnc2ccsc2c1. The highest BCUT2D eigenvalue weighted by atomic mass is 32.1. The van der Waals surface area contributed by atoms with Crippen LogP contribution in [0.3, 0.4) is 0 Å². The number of nitrogens with one attached hydrogen (secondary N) is 1. The van der Waals surface area contributed by atoms with Gasteiger partial charge in [0.05, 0.1) is 16.3 Å². The number of aromatic nitrogens is 1. The number of ether oxygens (including phenoxy) is 1. The Morgan fingerprint density at radius 3 is 3.26 bits per heavy atom. The van der Waals surface area contributed by atoms with E-state index in [0.29, 0.717) is 18.1 Å². The van der Waals surface area contributed by atoms with Gasteiger partial charge in [-0.25, -0.2) is 0 Å². The molecule has 0 radical (unpaired) electrons. The topological polar surface area (TPSA) is 34.1 Å². The summed E-state index contributed by atoms with van der Waals surface area (Å²) >= 11 is 1.75. The minimum absolute atomic E-state index is 0.340. The van der Waals surface area contributed by atoms with E-state index in [1.54, 1.807) is 11.3 Å². The molecule has 0 bridgehead atoms. The molecule has 0 amide bonds. The standard InChI is InChI=1S/C15H20N2OS/c1-10(16-8-12-3-5-18-11(12)2)13-7-15-14(17-9-13)4-6-19-15/h4,6-7,9-12,16H,3,5,8H2,1-2H3. The first kappa shape index (κ1) is 13.0. The van der Waals surface area contributed by atoms with Crippen LogP contribution < -0.4 is 5.32 Å². The molecule has 1 fully saturated rings. The Kier molecular flexibility index (Phi) is 3.82. The molecule has 3 rings (SSSR count). The first-order valence-electron chi connectivity index (χ1n) is 6.92. The van der Waals surface area contributed by atoms with Crippen LogP contribution in [0.25, 0.3) is 10.2 Å². The number of rotatable bonds is 4. The second-order valence-electron chi connectivity index (χ2n) is 5.33. The highest BCUT2D eigenvalue weighted by molar-refractivity contribution is 7.17. The second kappa shape index (κ2) is 5.57. The van der Waals surface area contributed by atoms with E-state index in [0.717, 1.165) is 18.7 Å². The lowest BCUT2D eigenvalue weighted by molar-refractivity contribution is 0.105. The van der Waals surface area contributed by atoms with Gasteiger partial charge in [-0.3, -0.25) is 4.98 Å². The lowest BCUT2D eigenvalue weighted by Crippen LogP contribution is -2.29. The number of nitrogens with zero attached hydrogens (tertiary/aromatic N) is 1. The number of thiophene rings is 1. The van der Waals surface area contributed by atoms with Crippen LogP contribution in [0.2, 0.25) is 0 Å². The van der Waals surface area contributed by atoms with Crippen molar-refractivity contribution in [2.75, 3.05) is 13.2 Å². The molecular formula is C15H20N2OS. The molecule has 1 saturated heterocycles. The zero-order valence-electron chi connectivity index (χ0n) is 11.4. The van der Waals surface area contributed by atoms with E-state index in [2.05, 4.69) is 41.7 Å². The normalized spacial score (nSPS) is 24.9. The minimum Gasteiger partial charge on any atom is -0.378 e. The molecular weight excluding hydrogens is 256 g/mol. The van der Waals surface area contributed by atoms with Gasteiger partial charge in [-0.2, -0.15) is 0 Å². The van der Waals surface area contributed by atoms with Crippen LogP contribution in [-0.2, 0) is 4.74 Å². The van der Waals surface area contributed by atoms with Crippen LogP contribution in [0.15, 0.2) is 23.7 Å². The van der Waals surface area contributed by atoms with E-state index in [-0.39, 0.29) is 0 Å². The summed E-state index contributed by atoms with van der Waals surface area (Å²) in [7, 11) is 0. The predicted molar refractivity (Wildman–Crippen MR) is 79.6 cm³/mol. The molecule has 2 aromatic heterocycles. The number of pyridine rings is 1. The van der Waals surface area contributed by atoms with E-state index in [4.69, 9.17) is 4.74 Å². The molecule has 1 aliphatic rings. The Morgan fingerprint density at radius 2 is 2.47 bits per heavy atom. The van der Waals surface area contributed by atoms with Gasteiger partial charge in [0.15, 0.2) is 0 Å². The number of hydrogen-bond donors (Lipinski definition) is 1. The molecule has 102 valence electrons. The van der Waals surface area contributed by atoms with E-state index in [9.17, 15) is 0 Å². The van der Waals surface area contributed by atoms with Gasteiger partial charge in [-0.15, -0.1) is 11.3 Å². The molecule has 3 heterocycles. The van der Waals surface area contributed by atoms with Crippen LogP contribution in [0.1, 0.15) is 31.9 Å². The lowest BCUT2D eigenvalue weighted by atomic mass is 10.0. The first-order chi connectivity index (χ1) is 9.24. The maximum absolute atomic E-state index is 5.60. The van der Waals surface area contributed by atoms with Crippen molar-refractivity contribution in [2.45, 2.75) is 32.4 Å². The van der Waals surface area contributed by atoms with Crippen molar-refractivity contribution in [3.8, 4) is 0 Å². The number of hydrogen-bond acceptors (Lipinski definition) is 4. The first-order valence-corrected chi connectivity index (χ1v) is 7.80. The molecule has 3 unspecified atom stereocenters. The average Bonchev–Trinajstić information content (AvgIpc) is 3.03. The van der Waals surface area contributed by atoms with Crippen molar-refractivity contribution in [3.63, 3.8) is 0 Å². The van der Waals surface area contributed by atoms with Gasteiger partial charge >= 0.3 is 0 Å². The fourth-order valence-corrected chi connectivity index (χ4v) is 3.38. The van der Waals surface area contributed by atoms with Gasteiger partial charge in [0.1, 0.15) is 0 Å². The van der Waals surface area contributed by atoms with Crippen molar-refractivity contribution in [1.29, 1.82) is 0 Å². The van der Waals surface area contributed by atoms with Crippen molar-refractivity contribution in [2.24, 2.45) is 5.92 Å². The molecule has 3 nitrogen and oxygen atoms in total. The summed E-state index contributed by atoms with van der Waals surface area (Å²) in [6.07, 6.45) is 3.54. The van der Waals surface area contributed by atoms with E-state index in [1.165, 1.54) is 16.7 Å². The molecule has 19 heavy (non-hydrogen) atoms. The Morgan fingerprint density at radius 1 is 1.58 bits per heavy atom. The minimum atomic E-state index is 0.340. The van der Waals surface area contributed by atoms with E-state index in [1.807, 2.05) is 6.20 Å². The Labute approximate surface area is 118 Å². The van der Waals surface area contributed by atoms with Gasteiger partial charge in [-0.05, 0) is 49.3 Å². The summed E-state index contributed by atoms with van der Waals surface area (Å²) < 4.78 is 6.87. The molecule has 0 spiro atoms. The fraction of sp³-hybridized carbons (Fsp3) is 0.533. The fourth-order valence-electron chi connectivity index (χ4n) is 2.59. The predicted octanol–water partition coefficient (Wildman–Crippen LogP) is 3.37. The molecule has 0 aromatic carbocycles. The second-order valence-corrected chi connectivity index (χ2v) is 6.27. The molecule has 1 aliphatic heterocycles. The molecule has 2 aromatic rings. The quantitative estimate of drug-likeness (QED) is 0.929. The van der Waals surface area contributed by atoms with Crippen LogP contribution >= 0.6 is 11.3 Å². The van der Waals surface area contributed by atoms with Gasteiger partial charge in [0.25, 0.3) is 0 Å². The Balaban J connectivity index is 1.64. The summed E-state index contributed by atoms with van der Waals surface area (Å²) in [6.45, 7) is 6.30. The third kappa shape index (κ3) is 2.81. The lowest BCUT2D eigenvalue weighted by Gasteiger charge is -2.19. The maximum Gasteiger partial charge on any atom is 0.0809 e. The summed E-state index contributed by atoms with van der Waals surface area (Å²) in [4.78, 5) is 4.50. The highest BCUT2D eigenvalue weighted by Crippen LogP contribution is 2.24. The zero-order chi connectivity index (χ0) is 13.2. The van der Waals surface area contributed by atoms with E-state index >= 15 is 0 Å². The summed E-state index contributed by atoms with van der Waals surface area (Å²) in [5.74, 6) is 0.640. The molecule has 4 heteroatoms. The van der Waals surface area contributed by atoms with Crippen molar-refractivity contribution in [3.05, 3.63) is 29.3 Å². The maximum atomic E-state index is 5.60. The van der Waals surface area contributed by atoms with E-state index < -0.39 is 0 Å². The molecule has 1 N–H and O–H groups in total. The molecule has 0 aliphatic carbocycles. The van der Waals surface area contributed by atoms with Crippen LogP contribution in [0, 0.1) is 5.92 Å². The molecule has 0 saturated carbocycles. The van der Waals surface area contributed by atoms with Gasteiger partial charge in [0, 0.05) is 25.4 Å². The largest absolute Gasteiger partial charge is 0.378 e. The van der Waals surface area contributed by atoms with Gasteiger partial charge in [0.2, 0.25) is 0 Å². The van der Waals surface area contributed by atoms with Crippen molar-refractivity contribution < 1.29 is 4.74 Å². The third-order valence-corrected chi connectivity index (χ3v) is 4.90. The Bertz CT molecular complexity index is 554. The monoisotopic (exact) mass is 276 g/mol. The van der Waals surface area contributed by atoms with Gasteiger partial charge in [-0.1, -0.05) is 0 Å². The van der Waals surface area contributed by atoms with Crippen LogP contribution in [0.5, 0.6) is 0 Å². The summed E-state index contributed by atoms with van der Waals surface area (Å²) in [5, 5.41) is 5.71. The molecule has 3 atom stereocenters. The Hall–Kier alpha value is -0.970. The van der Waals surface area contributed by atoms with Crippen molar-refractivity contribution in [1.82, 2.24) is 10.3 Å². The third-order valence-electron chi connectivity index (χ3n) is 4.04.